The zero-order chi connectivity index (χ0) is 11.7. The summed E-state index contributed by atoms with van der Waals surface area (Å²) in [5.74, 6) is 1.58. The Hall–Kier alpha value is -0.360. The molecule has 2 fully saturated rings. The van der Waals surface area contributed by atoms with Crippen molar-refractivity contribution in [3.05, 3.63) is 12.7 Å². The Balaban J connectivity index is 0.000000902. The number of rotatable bonds is 3. The van der Waals surface area contributed by atoms with Gasteiger partial charge in [0.05, 0.1) is 6.54 Å². The van der Waals surface area contributed by atoms with E-state index in [0.29, 0.717) is 6.04 Å². The zero-order valence-electron chi connectivity index (χ0n) is 11.0. The summed E-state index contributed by atoms with van der Waals surface area (Å²) in [6, 6.07) is 0.435. The van der Waals surface area contributed by atoms with E-state index in [4.69, 9.17) is 5.73 Å². The summed E-state index contributed by atoms with van der Waals surface area (Å²) in [6.45, 7) is 4.42. The molecule has 110 valence electrons. The fraction of sp³-hybridized carbons (Fsp3) is 0.833. The largest absolute Gasteiger partial charge is 0.327 e. The van der Waals surface area contributed by atoms with Gasteiger partial charge in [0.25, 0.3) is 0 Å². The molecule has 5 nitrogen and oxygen atoms in total. The highest BCUT2D eigenvalue weighted by Crippen LogP contribution is 2.35. The fourth-order valence-electron chi connectivity index (χ4n) is 3.38. The van der Waals surface area contributed by atoms with Crippen molar-refractivity contribution in [1.82, 2.24) is 19.7 Å². The molecule has 7 heteroatoms. The Bertz CT molecular complexity index is 359. The first-order chi connectivity index (χ1) is 8.33. The molecule has 3 unspecified atom stereocenters. The first-order valence-electron chi connectivity index (χ1n) is 6.63. The van der Waals surface area contributed by atoms with E-state index >= 15 is 0 Å². The van der Waals surface area contributed by atoms with E-state index in [1.165, 1.54) is 32.4 Å². The SMILES string of the molecule is Cl.Cl.NC1CCCC2CN(CCn3cncn3)CC12. The number of aromatic nitrogens is 3. The number of nitrogens with zero attached hydrogens (tertiary/aromatic N) is 4. The number of likely N-dealkylation sites (tertiary alicyclic amines) is 1. The summed E-state index contributed by atoms with van der Waals surface area (Å²) < 4.78 is 1.90. The molecule has 3 atom stereocenters. The van der Waals surface area contributed by atoms with Crippen LogP contribution < -0.4 is 5.73 Å². The molecule has 1 aromatic heterocycles. The maximum Gasteiger partial charge on any atom is 0.137 e. The molecular weight excluding hydrogens is 285 g/mol. The summed E-state index contributed by atoms with van der Waals surface area (Å²) in [6.07, 6.45) is 7.30. The molecule has 2 heterocycles. The van der Waals surface area contributed by atoms with Crippen molar-refractivity contribution in [1.29, 1.82) is 0 Å². The van der Waals surface area contributed by atoms with Crippen LogP contribution in [0.4, 0.5) is 0 Å². The first kappa shape index (κ1) is 16.7. The van der Waals surface area contributed by atoms with Crippen molar-refractivity contribution in [3.63, 3.8) is 0 Å². The third-order valence-electron chi connectivity index (χ3n) is 4.34. The maximum atomic E-state index is 6.22. The smallest absolute Gasteiger partial charge is 0.137 e. The zero-order valence-corrected chi connectivity index (χ0v) is 12.7. The lowest BCUT2D eigenvalue weighted by Crippen LogP contribution is -2.38. The highest BCUT2D eigenvalue weighted by Gasteiger charge is 2.38. The molecule has 1 aliphatic carbocycles. The van der Waals surface area contributed by atoms with Gasteiger partial charge in [-0.2, -0.15) is 5.10 Å². The Morgan fingerprint density at radius 2 is 2.00 bits per heavy atom. The quantitative estimate of drug-likeness (QED) is 0.911. The summed E-state index contributed by atoms with van der Waals surface area (Å²) >= 11 is 0. The summed E-state index contributed by atoms with van der Waals surface area (Å²) in [5, 5.41) is 4.14. The van der Waals surface area contributed by atoms with Gasteiger partial charge in [-0.15, -0.1) is 24.8 Å². The maximum absolute atomic E-state index is 6.22. The van der Waals surface area contributed by atoms with Gasteiger partial charge in [0, 0.05) is 25.7 Å². The minimum absolute atomic E-state index is 0. The van der Waals surface area contributed by atoms with Gasteiger partial charge < -0.3 is 10.6 Å². The number of halogens is 2. The summed E-state index contributed by atoms with van der Waals surface area (Å²) in [5.41, 5.74) is 6.22. The highest BCUT2D eigenvalue weighted by molar-refractivity contribution is 5.85. The van der Waals surface area contributed by atoms with Crippen molar-refractivity contribution in [2.75, 3.05) is 19.6 Å². The predicted octanol–water partition coefficient (Wildman–Crippen LogP) is 1.18. The van der Waals surface area contributed by atoms with E-state index in [-0.39, 0.29) is 24.8 Å². The van der Waals surface area contributed by atoms with Crippen molar-refractivity contribution in [2.24, 2.45) is 17.6 Å². The molecule has 19 heavy (non-hydrogen) atoms. The predicted molar refractivity (Wildman–Crippen MR) is 79.8 cm³/mol. The Morgan fingerprint density at radius 1 is 1.16 bits per heavy atom. The number of hydrogen-bond donors (Lipinski definition) is 1. The van der Waals surface area contributed by atoms with Crippen LogP contribution in [-0.4, -0.2) is 45.3 Å². The van der Waals surface area contributed by atoms with Gasteiger partial charge in [0.1, 0.15) is 12.7 Å². The summed E-state index contributed by atoms with van der Waals surface area (Å²) in [7, 11) is 0. The van der Waals surface area contributed by atoms with Gasteiger partial charge in [0.2, 0.25) is 0 Å². The number of nitrogens with two attached hydrogens (primary N) is 1. The van der Waals surface area contributed by atoms with Gasteiger partial charge in [-0.05, 0) is 24.7 Å². The lowest BCUT2D eigenvalue weighted by Gasteiger charge is -2.29. The Kier molecular flexibility index (Phi) is 6.53. The average Bonchev–Trinajstić information content (AvgIpc) is 2.95. The number of fused-ring (bicyclic) bond motifs is 1. The minimum atomic E-state index is 0. The van der Waals surface area contributed by atoms with E-state index in [1.54, 1.807) is 12.7 Å². The van der Waals surface area contributed by atoms with E-state index < -0.39 is 0 Å². The molecule has 1 aliphatic heterocycles. The summed E-state index contributed by atoms with van der Waals surface area (Å²) in [4.78, 5) is 6.51. The van der Waals surface area contributed by atoms with Gasteiger partial charge in [0.15, 0.2) is 0 Å². The third-order valence-corrected chi connectivity index (χ3v) is 4.34. The first-order valence-corrected chi connectivity index (χ1v) is 6.63. The molecule has 0 bridgehead atoms. The molecule has 1 aromatic rings. The lowest BCUT2D eigenvalue weighted by atomic mass is 9.78. The lowest BCUT2D eigenvalue weighted by molar-refractivity contribution is 0.259. The van der Waals surface area contributed by atoms with Crippen LogP contribution in [0.2, 0.25) is 0 Å². The van der Waals surface area contributed by atoms with Crippen LogP contribution in [0.1, 0.15) is 19.3 Å². The van der Waals surface area contributed by atoms with E-state index in [2.05, 4.69) is 15.0 Å². The molecule has 0 radical (unpaired) electrons. The van der Waals surface area contributed by atoms with Crippen LogP contribution >= 0.6 is 24.8 Å². The minimum Gasteiger partial charge on any atom is -0.327 e. The van der Waals surface area contributed by atoms with Crippen LogP contribution in [0, 0.1) is 11.8 Å². The molecule has 1 saturated heterocycles. The topological polar surface area (TPSA) is 60.0 Å². The van der Waals surface area contributed by atoms with Crippen LogP contribution in [0.3, 0.4) is 0 Å². The average molecular weight is 308 g/mol. The Morgan fingerprint density at radius 3 is 2.68 bits per heavy atom. The molecule has 1 saturated carbocycles. The van der Waals surface area contributed by atoms with Crippen molar-refractivity contribution in [2.45, 2.75) is 31.8 Å². The van der Waals surface area contributed by atoms with Crippen LogP contribution in [0.5, 0.6) is 0 Å². The highest BCUT2D eigenvalue weighted by atomic mass is 35.5. The molecular formula is C12H23Cl2N5. The Labute approximate surface area is 126 Å². The monoisotopic (exact) mass is 307 g/mol. The van der Waals surface area contributed by atoms with Crippen molar-refractivity contribution in [3.8, 4) is 0 Å². The normalized spacial score (nSPS) is 30.3. The van der Waals surface area contributed by atoms with Gasteiger partial charge in [-0.3, -0.25) is 4.68 Å². The van der Waals surface area contributed by atoms with Crippen LogP contribution in [0.25, 0.3) is 0 Å². The van der Waals surface area contributed by atoms with Gasteiger partial charge in [-0.25, -0.2) is 4.98 Å². The molecule has 3 rings (SSSR count). The van der Waals surface area contributed by atoms with E-state index in [0.717, 1.165) is 24.9 Å². The van der Waals surface area contributed by atoms with E-state index in [9.17, 15) is 0 Å². The van der Waals surface area contributed by atoms with Crippen LogP contribution in [0.15, 0.2) is 12.7 Å². The second-order valence-electron chi connectivity index (χ2n) is 5.44. The molecule has 0 spiro atoms. The molecule has 2 aliphatic rings. The second-order valence-corrected chi connectivity index (χ2v) is 5.44. The van der Waals surface area contributed by atoms with E-state index in [1.807, 2.05) is 4.68 Å². The van der Waals surface area contributed by atoms with Crippen molar-refractivity contribution < 1.29 is 0 Å². The van der Waals surface area contributed by atoms with Gasteiger partial charge in [-0.1, -0.05) is 6.42 Å². The standard InChI is InChI=1S/C12H21N5.2ClH/c13-12-3-1-2-10-6-16(7-11(10)12)4-5-17-9-14-8-15-17;;/h8-12H,1-7,13H2;2*1H. The van der Waals surface area contributed by atoms with Crippen molar-refractivity contribution >= 4 is 24.8 Å². The molecule has 0 amide bonds. The third kappa shape index (κ3) is 3.81. The second kappa shape index (κ2) is 7.43. The molecule has 0 aromatic carbocycles. The van der Waals surface area contributed by atoms with Crippen LogP contribution in [-0.2, 0) is 6.54 Å². The molecule has 2 N–H and O–H groups in total. The fourth-order valence-corrected chi connectivity index (χ4v) is 3.38. The number of hydrogen-bond acceptors (Lipinski definition) is 4. The van der Waals surface area contributed by atoms with Gasteiger partial charge >= 0.3 is 0 Å².